The van der Waals surface area contributed by atoms with Crippen LogP contribution in [0.15, 0.2) is 59.1 Å². The van der Waals surface area contributed by atoms with Gasteiger partial charge in [0.05, 0.1) is 13.3 Å². The maximum atomic E-state index is 11.6. The SMILES string of the molecule is COc1ccc(-c2cnc(-c3cccc(C(=O)NN)c3)o2)cc1.Cl. The lowest BCUT2D eigenvalue weighted by atomic mass is 10.1. The van der Waals surface area contributed by atoms with E-state index in [-0.39, 0.29) is 18.3 Å². The Bertz CT molecular complexity index is 831. The highest BCUT2D eigenvalue weighted by Gasteiger charge is 2.11. The highest BCUT2D eigenvalue weighted by molar-refractivity contribution is 5.94. The Hall–Kier alpha value is -2.83. The third-order valence-corrected chi connectivity index (χ3v) is 3.38. The standard InChI is InChI=1S/C17H15N3O3.ClH/c1-22-14-7-5-11(6-8-14)15-10-19-17(23-15)13-4-2-3-12(9-13)16(21)20-18;/h2-10H,18H2,1H3,(H,20,21);1H. The van der Waals surface area contributed by atoms with Crippen LogP contribution in [0.25, 0.3) is 22.8 Å². The normalized spacial score (nSPS) is 9.92. The number of nitrogens with two attached hydrogens (primary N) is 1. The molecule has 0 aliphatic carbocycles. The molecule has 0 unspecified atom stereocenters. The quantitative estimate of drug-likeness (QED) is 0.431. The van der Waals surface area contributed by atoms with Crippen molar-refractivity contribution < 1.29 is 13.9 Å². The van der Waals surface area contributed by atoms with E-state index < -0.39 is 0 Å². The zero-order valence-electron chi connectivity index (χ0n) is 12.9. The van der Waals surface area contributed by atoms with E-state index in [1.807, 2.05) is 30.3 Å². The minimum Gasteiger partial charge on any atom is -0.497 e. The maximum Gasteiger partial charge on any atom is 0.265 e. The summed E-state index contributed by atoms with van der Waals surface area (Å²) in [6.07, 6.45) is 1.65. The van der Waals surface area contributed by atoms with E-state index in [0.717, 1.165) is 11.3 Å². The Morgan fingerprint density at radius 2 is 1.92 bits per heavy atom. The first kappa shape index (κ1) is 17.5. The molecule has 1 aromatic heterocycles. The van der Waals surface area contributed by atoms with Crippen LogP contribution in [0.3, 0.4) is 0 Å². The second-order valence-corrected chi connectivity index (χ2v) is 4.81. The number of amides is 1. The number of carbonyl (C=O) groups is 1. The van der Waals surface area contributed by atoms with Gasteiger partial charge in [0.25, 0.3) is 5.91 Å². The second-order valence-electron chi connectivity index (χ2n) is 4.81. The van der Waals surface area contributed by atoms with Gasteiger partial charge in [-0.3, -0.25) is 10.2 Å². The molecule has 0 fully saturated rings. The highest BCUT2D eigenvalue weighted by atomic mass is 35.5. The summed E-state index contributed by atoms with van der Waals surface area (Å²) in [4.78, 5) is 15.9. The lowest BCUT2D eigenvalue weighted by Gasteiger charge is -2.02. The number of hydrogen-bond donors (Lipinski definition) is 2. The number of rotatable bonds is 4. The van der Waals surface area contributed by atoms with E-state index in [4.69, 9.17) is 15.0 Å². The highest BCUT2D eigenvalue weighted by Crippen LogP contribution is 2.27. The third kappa shape index (κ3) is 3.56. The lowest BCUT2D eigenvalue weighted by molar-refractivity contribution is 0.0953. The third-order valence-electron chi connectivity index (χ3n) is 3.38. The molecule has 24 heavy (non-hydrogen) atoms. The van der Waals surface area contributed by atoms with Crippen molar-refractivity contribution in [2.24, 2.45) is 5.84 Å². The fourth-order valence-electron chi connectivity index (χ4n) is 2.17. The molecule has 0 aliphatic heterocycles. The topological polar surface area (TPSA) is 90.4 Å². The zero-order valence-corrected chi connectivity index (χ0v) is 13.7. The predicted octanol–water partition coefficient (Wildman–Crippen LogP) is 3.04. The summed E-state index contributed by atoms with van der Waals surface area (Å²) in [6.45, 7) is 0. The smallest absolute Gasteiger partial charge is 0.265 e. The van der Waals surface area contributed by atoms with Crippen molar-refractivity contribution in [1.82, 2.24) is 10.4 Å². The van der Waals surface area contributed by atoms with E-state index in [1.165, 1.54) is 0 Å². The Morgan fingerprint density at radius 1 is 1.17 bits per heavy atom. The number of oxazole rings is 1. The van der Waals surface area contributed by atoms with Gasteiger partial charge in [0.2, 0.25) is 5.89 Å². The number of hydrazine groups is 1. The first-order chi connectivity index (χ1) is 11.2. The van der Waals surface area contributed by atoms with E-state index >= 15 is 0 Å². The second kappa shape index (κ2) is 7.63. The number of aromatic nitrogens is 1. The Labute approximate surface area is 145 Å². The molecular weight excluding hydrogens is 330 g/mol. The van der Waals surface area contributed by atoms with Crippen LogP contribution in [0.5, 0.6) is 5.75 Å². The molecule has 0 saturated carbocycles. The van der Waals surface area contributed by atoms with Crippen molar-refractivity contribution in [2.75, 3.05) is 7.11 Å². The van der Waals surface area contributed by atoms with Gasteiger partial charge in [-0.15, -0.1) is 12.4 Å². The zero-order chi connectivity index (χ0) is 16.2. The van der Waals surface area contributed by atoms with Crippen molar-refractivity contribution in [2.45, 2.75) is 0 Å². The number of nitrogens with one attached hydrogen (secondary N) is 1. The summed E-state index contributed by atoms with van der Waals surface area (Å²) in [7, 11) is 1.62. The molecule has 7 heteroatoms. The van der Waals surface area contributed by atoms with Crippen LogP contribution in [0.1, 0.15) is 10.4 Å². The predicted molar refractivity (Wildman–Crippen MR) is 92.8 cm³/mol. The minimum atomic E-state index is -0.367. The average molecular weight is 346 g/mol. The summed E-state index contributed by atoms with van der Waals surface area (Å²) in [5.74, 6) is 6.62. The van der Waals surface area contributed by atoms with Crippen molar-refractivity contribution in [3.05, 3.63) is 60.3 Å². The molecule has 1 amide bonds. The van der Waals surface area contributed by atoms with E-state index in [2.05, 4.69) is 10.4 Å². The Balaban J connectivity index is 0.00000208. The maximum absolute atomic E-state index is 11.6. The molecular formula is C17H16ClN3O3. The first-order valence-electron chi connectivity index (χ1n) is 6.93. The van der Waals surface area contributed by atoms with Gasteiger partial charge >= 0.3 is 0 Å². The number of nitrogens with zero attached hydrogens (tertiary/aromatic N) is 1. The molecule has 0 bridgehead atoms. The van der Waals surface area contributed by atoms with E-state index in [9.17, 15) is 4.79 Å². The van der Waals surface area contributed by atoms with Gasteiger partial charge < -0.3 is 9.15 Å². The van der Waals surface area contributed by atoms with Gasteiger partial charge in [0.1, 0.15) is 5.75 Å². The average Bonchev–Trinajstić information content (AvgIpc) is 3.11. The van der Waals surface area contributed by atoms with E-state index in [0.29, 0.717) is 22.8 Å². The van der Waals surface area contributed by atoms with Crippen LogP contribution in [0.2, 0.25) is 0 Å². The van der Waals surface area contributed by atoms with Gasteiger partial charge in [-0.2, -0.15) is 0 Å². The van der Waals surface area contributed by atoms with E-state index in [1.54, 1.807) is 31.5 Å². The van der Waals surface area contributed by atoms with Crippen LogP contribution in [-0.2, 0) is 0 Å². The Kier molecular flexibility index (Phi) is 5.57. The van der Waals surface area contributed by atoms with Crippen LogP contribution in [0.4, 0.5) is 0 Å². The van der Waals surface area contributed by atoms with Crippen molar-refractivity contribution in [3.8, 4) is 28.5 Å². The number of benzene rings is 2. The van der Waals surface area contributed by atoms with Crippen LogP contribution >= 0.6 is 12.4 Å². The molecule has 124 valence electrons. The number of ether oxygens (including phenoxy) is 1. The molecule has 1 heterocycles. The largest absolute Gasteiger partial charge is 0.497 e. The number of hydrogen-bond acceptors (Lipinski definition) is 5. The summed E-state index contributed by atoms with van der Waals surface area (Å²) >= 11 is 0. The molecule has 0 saturated heterocycles. The van der Waals surface area contributed by atoms with Crippen LogP contribution in [-0.4, -0.2) is 18.0 Å². The summed E-state index contributed by atoms with van der Waals surface area (Å²) in [5, 5.41) is 0. The molecule has 0 spiro atoms. The van der Waals surface area contributed by atoms with Gasteiger partial charge in [-0.1, -0.05) is 6.07 Å². The van der Waals surface area contributed by atoms with Crippen molar-refractivity contribution in [1.29, 1.82) is 0 Å². The lowest BCUT2D eigenvalue weighted by Crippen LogP contribution is -2.29. The number of carbonyl (C=O) groups excluding carboxylic acids is 1. The monoisotopic (exact) mass is 345 g/mol. The van der Waals surface area contributed by atoms with Crippen LogP contribution < -0.4 is 16.0 Å². The van der Waals surface area contributed by atoms with Gasteiger partial charge in [-0.05, 0) is 42.5 Å². The van der Waals surface area contributed by atoms with Gasteiger partial charge in [0, 0.05) is 16.7 Å². The summed E-state index contributed by atoms with van der Waals surface area (Å²) in [6, 6.07) is 14.4. The van der Waals surface area contributed by atoms with Crippen LogP contribution in [0, 0.1) is 0 Å². The van der Waals surface area contributed by atoms with Gasteiger partial charge in [0.15, 0.2) is 5.76 Å². The number of halogens is 1. The van der Waals surface area contributed by atoms with Crippen molar-refractivity contribution in [3.63, 3.8) is 0 Å². The minimum absolute atomic E-state index is 0. The number of methoxy groups -OCH3 is 1. The van der Waals surface area contributed by atoms with Gasteiger partial charge in [-0.25, -0.2) is 10.8 Å². The molecule has 3 rings (SSSR count). The fourth-order valence-corrected chi connectivity index (χ4v) is 2.17. The first-order valence-corrected chi connectivity index (χ1v) is 6.93. The molecule has 3 aromatic rings. The molecule has 0 atom stereocenters. The molecule has 0 radical (unpaired) electrons. The summed E-state index contributed by atoms with van der Waals surface area (Å²) in [5.41, 5.74) is 4.13. The Morgan fingerprint density at radius 3 is 2.58 bits per heavy atom. The number of nitrogen functional groups attached to an aromatic ring is 1. The molecule has 6 nitrogen and oxygen atoms in total. The molecule has 0 aliphatic rings. The molecule has 2 aromatic carbocycles. The fraction of sp³-hybridized carbons (Fsp3) is 0.0588. The molecule has 3 N–H and O–H groups in total. The summed E-state index contributed by atoms with van der Waals surface area (Å²) < 4.78 is 10.9. The van der Waals surface area contributed by atoms with Crippen molar-refractivity contribution >= 4 is 18.3 Å².